The van der Waals surface area contributed by atoms with Crippen LogP contribution >= 0.6 is 0 Å². The molecule has 6 heteroatoms. The molecule has 6 nitrogen and oxygen atoms in total. The molecule has 2 saturated heterocycles. The van der Waals surface area contributed by atoms with E-state index in [4.69, 9.17) is 4.74 Å². The standard InChI is InChI=1S/C19H26N2O4/c1-11(2)9-14(17(22)20-5-7-25-8-6-20)21-18(23)15-12-3-4-13(10-12)16(15)19(21)24/h3-4,11-16H,5-10H2,1-2H3/t12-,13+,14-,15-,16+/m0/s1. The van der Waals surface area contributed by atoms with Crippen molar-refractivity contribution in [3.8, 4) is 0 Å². The molecule has 136 valence electrons. The number of ether oxygens (including phenoxy) is 1. The Bertz CT molecular complexity index is 593. The first-order valence-electron chi connectivity index (χ1n) is 9.40. The quantitative estimate of drug-likeness (QED) is 0.564. The van der Waals surface area contributed by atoms with Crippen LogP contribution < -0.4 is 0 Å². The van der Waals surface area contributed by atoms with Crippen molar-refractivity contribution in [2.45, 2.75) is 32.7 Å². The number of carbonyl (C=O) groups is 3. The Balaban J connectivity index is 1.60. The van der Waals surface area contributed by atoms with Gasteiger partial charge in [-0.3, -0.25) is 19.3 Å². The third kappa shape index (κ3) is 2.62. The first-order valence-corrected chi connectivity index (χ1v) is 9.40. The molecule has 3 amide bonds. The summed E-state index contributed by atoms with van der Waals surface area (Å²) in [5.74, 6) is -0.253. The molecule has 1 saturated carbocycles. The fourth-order valence-corrected chi connectivity index (χ4v) is 4.99. The number of nitrogens with zero attached hydrogens (tertiary/aromatic N) is 2. The van der Waals surface area contributed by atoms with E-state index in [-0.39, 0.29) is 47.3 Å². The molecule has 0 aromatic rings. The van der Waals surface area contributed by atoms with Gasteiger partial charge in [0, 0.05) is 13.1 Å². The number of morpholine rings is 1. The van der Waals surface area contributed by atoms with E-state index in [1.54, 1.807) is 4.90 Å². The highest BCUT2D eigenvalue weighted by Gasteiger charge is 2.61. The molecule has 0 radical (unpaired) electrons. The maximum Gasteiger partial charge on any atom is 0.246 e. The lowest BCUT2D eigenvalue weighted by Gasteiger charge is -2.34. The molecule has 0 N–H and O–H groups in total. The maximum absolute atomic E-state index is 13.1. The van der Waals surface area contributed by atoms with E-state index in [9.17, 15) is 14.4 Å². The fraction of sp³-hybridized carbons (Fsp3) is 0.737. The third-order valence-electron chi connectivity index (χ3n) is 6.12. The minimum absolute atomic E-state index is 0.0982. The average molecular weight is 346 g/mol. The summed E-state index contributed by atoms with van der Waals surface area (Å²) in [5, 5.41) is 0. The van der Waals surface area contributed by atoms with Crippen LogP contribution in [0.15, 0.2) is 12.2 Å². The predicted molar refractivity (Wildman–Crippen MR) is 90.2 cm³/mol. The van der Waals surface area contributed by atoms with Gasteiger partial charge in [-0.2, -0.15) is 0 Å². The van der Waals surface area contributed by atoms with Crippen molar-refractivity contribution in [3.63, 3.8) is 0 Å². The molecule has 2 bridgehead atoms. The Labute approximate surface area is 148 Å². The van der Waals surface area contributed by atoms with E-state index < -0.39 is 6.04 Å². The molecule has 25 heavy (non-hydrogen) atoms. The molecule has 0 aromatic carbocycles. The van der Waals surface area contributed by atoms with Gasteiger partial charge >= 0.3 is 0 Å². The van der Waals surface area contributed by atoms with Gasteiger partial charge in [0.25, 0.3) is 0 Å². The summed E-state index contributed by atoms with van der Waals surface area (Å²) in [4.78, 5) is 42.3. The Hall–Kier alpha value is -1.69. The van der Waals surface area contributed by atoms with Gasteiger partial charge in [0.15, 0.2) is 0 Å². The molecule has 2 heterocycles. The molecule has 4 aliphatic rings. The number of allylic oxidation sites excluding steroid dienone is 2. The summed E-state index contributed by atoms with van der Waals surface area (Å²) in [7, 11) is 0. The van der Waals surface area contributed by atoms with Crippen molar-refractivity contribution in [1.82, 2.24) is 9.80 Å². The van der Waals surface area contributed by atoms with Crippen LogP contribution in [0.25, 0.3) is 0 Å². The van der Waals surface area contributed by atoms with Gasteiger partial charge in [-0.25, -0.2) is 0 Å². The highest BCUT2D eigenvalue weighted by atomic mass is 16.5. The van der Waals surface area contributed by atoms with E-state index in [2.05, 4.69) is 12.2 Å². The van der Waals surface area contributed by atoms with Crippen molar-refractivity contribution in [3.05, 3.63) is 12.2 Å². The highest BCUT2D eigenvalue weighted by molar-refractivity contribution is 6.09. The molecule has 0 unspecified atom stereocenters. The van der Waals surface area contributed by atoms with E-state index in [1.165, 1.54) is 4.90 Å². The van der Waals surface area contributed by atoms with Crippen LogP contribution in [0.5, 0.6) is 0 Å². The predicted octanol–water partition coefficient (Wildman–Crippen LogP) is 1.07. The van der Waals surface area contributed by atoms with E-state index >= 15 is 0 Å². The molecule has 2 aliphatic heterocycles. The summed E-state index contributed by atoms with van der Waals surface area (Å²) in [6.07, 6.45) is 5.60. The van der Waals surface area contributed by atoms with Crippen LogP contribution in [0.1, 0.15) is 26.7 Å². The van der Waals surface area contributed by atoms with Crippen LogP contribution in [0, 0.1) is 29.6 Å². The number of carbonyl (C=O) groups excluding carboxylic acids is 3. The lowest BCUT2D eigenvalue weighted by Crippen LogP contribution is -2.54. The minimum Gasteiger partial charge on any atom is -0.378 e. The number of hydrogen-bond donors (Lipinski definition) is 0. The first kappa shape index (κ1) is 16.8. The third-order valence-corrected chi connectivity index (χ3v) is 6.12. The lowest BCUT2D eigenvalue weighted by atomic mass is 9.85. The molecule has 5 atom stereocenters. The summed E-state index contributed by atoms with van der Waals surface area (Å²) >= 11 is 0. The molecule has 0 spiro atoms. The van der Waals surface area contributed by atoms with Crippen LogP contribution in [0.3, 0.4) is 0 Å². The van der Waals surface area contributed by atoms with Crippen LogP contribution in [0.2, 0.25) is 0 Å². The van der Waals surface area contributed by atoms with Crippen molar-refractivity contribution in [1.29, 1.82) is 0 Å². The maximum atomic E-state index is 13.1. The molecular weight excluding hydrogens is 320 g/mol. The highest BCUT2D eigenvalue weighted by Crippen LogP contribution is 2.53. The molecule has 3 fully saturated rings. The largest absolute Gasteiger partial charge is 0.378 e. The average Bonchev–Trinajstić information content (AvgIpc) is 3.27. The van der Waals surface area contributed by atoms with Gasteiger partial charge in [-0.1, -0.05) is 26.0 Å². The zero-order valence-corrected chi connectivity index (χ0v) is 14.9. The monoisotopic (exact) mass is 346 g/mol. The van der Waals surface area contributed by atoms with Crippen LogP contribution in [-0.4, -0.2) is 59.9 Å². The van der Waals surface area contributed by atoms with Gasteiger partial charge in [0.1, 0.15) is 6.04 Å². The van der Waals surface area contributed by atoms with Crippen LogP contribution in [-0.2, 0) is 19.1 Å². The smallest absolute Gasteiger partial charge is 0.246 e. The summed E-state index contributed by atoms with van der Waals surface area (Å²) in [6.45, 7) is 6.14. The van der Waals surface area contributed by atoms with Crippen molar-refractivity contribution in [2.24, 2.45) is 29.6 Å². The van der Waals surface area contributed by atoms with E-state index in [1.807, 2.05) is 13.8 Å². The number of imide groups is 1. The van der Waals surface area contributed by atoms with Crippen molar-refractivity contribution >= 4 is 17.7 Å². The zero-order valence-electron chi connectivity index (χ0n) is 14.9. The number of likely N-dealkylation sites (tertiary alicyclic amines) is 1. The molecule has 2 aliphatic carbocycles. The van der Waals surface area contributed by atoms with E-state index in [0.29, 0.717) is 32.7 Å². The van der Waals surface area contributed by atoms with Gasteiger partial charge in [0.2, 0.25) is 17.7 Å². The minimum atomic E-state index is -0.664. The fourth-order valence-electron chi connectivity index (χ4n) is 4.99. The van der Waals surface area contributed by atoms with Crippen LogP contribution in [0.4, 0.5) is 0 Å². The van der Waals surface area contributed by atoms with Crippen molar-refractivity contribution in [2.75, 3.05) is 26.3 Å². The van der Waals surface area contributed by atoms with Gasteiger partial charge in [-0.15, -0.1) is 0 Å². The van der Waals surface area contributed by atoms with Gasteiger partial charge < -0.3 is 9.64 Å². The number of rotatable bonds is 4. The second-order valence-corrected chi connectivity index (χ2v) is 8.13. The van der Waals surface area contributed by atoms with Crippen molar-refractivity contribution < 1.29 is 19.1 Å². The molecule has 4 rings (SSSR count). The first-order chi connectivity index (χ1) is 12.0. The zero-order chi connectivity index (χ0) is 17.7. The Kier molecular flexibility index (Phi) is 4.18. The SMILES string of the molecule is CC(C)C[C@@H](C(=O)N1CCOCC1)N1C(=O)[C@@H]2[C@H](C1=O)[C@@H]1C=C[C@H]2C1. The molecule has 0 aromatic heterocycles. The van der Waals surface area contributed by atoms with E-state index in [0.717, 1.165) is 6.42 Å². The number of fused-ring (bicyclic) bond motifs is 5. The Morgan fingerprint density at radius 3 is 2.20 bits per heavy atom. The normalized spacial score (nSPS) is 35.0. The topological polar surface area (TPSA) is 66.9 Å². The Morgan fingerprint density at radius 1 is 1.12 bits per heavy atom. The van der Waals surface area contributed by atoms with Gasteiger partial charge in [-0.05, 0) is 30.6 Å². The summed E-state index contributed by atoms with van der Waals surface area (Å²) in [5.41, 5.74) is 0. The lowest BCUT2D eigenvalue weighted by molar-refractivity contribution is -0.154. The summed E-state index contributed by atoms with van der Waals surface area (Å²) in [6, 6.07) is -0.664. The molecular formula is C19H26N2O4. The number of amides is 3. The Morgan fingerprint density at radius 2 is 1.68 bits per heavy atom. The number of hydrogen-bond acceptors (Lipinski definition) is 4. The second kappa shape index (κ2) is 6.24. The second-order valence-electron chi connectivity index (χ2n) is 8.13. The summed E-state index contributed by atoms with van der Waals surface area (Å²) < 4.78 is 5.33. The van der Waals surface area contributed by atoms with Gasteiger partial charge in [0.05, 0.1) is 25.0 Å².